The van der Waals surface area contributed by atoms with E-state index in [9.17, 15) is 19.0 Å². The molecule has 0 heterocycles. The quantitative estimate of drug-likeness (QED) is 0.0211. The fraction of sp³-hybridized carbons (Fsp3) is 0.800. The van der Waals surface area contributed by atoms with Gasteiger partial charge in [0.1, 0.15) is 19.8 Å². The lowest BCUT2D eigenvalue weighted by Crippen LogP contribution is -2.37. The highest BCUT2D eigenvalue weighted by Crippen LogP contribution is 2.43. The normalized spacial score (nSPS) is 13.5. The molecule has 0 radical (unpaired) electrons. The van der Waals surface area contributed by atoms with Crippen molar-refractivity contribution in [3.05, 3.63) is 85.1 Å². The highest BCUT2D eigenvalue weighted by Gasteiger charge is 2.27. The predicted octanol–water partition coefficient (Wildman–Crippen LogP) is 25.3. The first-order chi connectivity index (χ1) is 44.0. The Morgan fingerprint density at radius 1 is 0.356 bits per heavy atom. The molecule has 0 aromatic heterocycles. The van der Waals surface area contributed by atoms with Crippen LogP contribution in [0.1, 0.15) is 361 Å². The van der Waals surface area contributed by atoms with Crippen LogP contribution in [-0.2, 0) is 32.7 Å². The zero-order valence-corrected chi connectivity index (χ0v) is 60.8. The van der Waals surface area contributed by atoms with Crippen molar-refractivity contribution in [3.8, 4) is 0 Å². The minimum atomic E-state index is -4.40. The summed E-state index contributed by atoms with van der Waals surface area (Å²) in [4.78, 5) is 36.0. The van der Waals surface area contributed by atoms with Crippen molar-refractivity contribution in [3.63, 3.8) is 0 Å². The number of phosphoric ester groups is 1. The van der Waals surface area contributed by atoms with Gasteiger partial charge in [-0.25, -0.2) is 4.57 Å². The van der Waals surface area contributed by atoms with Crippen molar-refractivity contribution in [2.75, 3.05) is 47.5 Å². The van der Waals surface area contributed by atoms with Crippen LogP contribution in [0.15, 0.2) is 85.1 Å². The van der Waals surface area contributed by atoms with Gasteiger partial charge in [-0.15, -0.1) is 0 Å². The van der Waals surface area contributed by atoms with E-state index in [0.29, 0.717) is 23.9 Å². The fourth-order valence-corrected chi connectivity index (χ4v) is 11.8. The first-order valence-corrected chi connectivity index (χ1v) is 39.8. The van der Waals surface area contributed by atoms with Gasteiger partial charge < -0.3 is 18.9 Å². The molecule has 0 aromatic carbocycles. The molecule has 90 heavy (non-hydrogen) atoms. The Bertz CT molecular complexity index is 1800. The van der Waals surface area contributed by atoms with Crippen LogP contribution in [0.25, 0.3) is 0 Å². The third-order valence-corrected chi connectivity index (χ3v) is 17.9. The molecule has 0 saturated heterocycles. The molecule has 0 spiro atoms. The molecule has 2 unspecified atom stereocenters. The van der Waals surface area contributed by atoms with E-state index < -0.39 is 26.5 Å². The number of hydrogen-bond donors (Lipinski definition) is 1. The van der Waals surface area contributed by atoms with Crippen molar-refractivity contribution >= 4 is 19.8 Å². The number of carbonyl (C=O) groups is 2. The largest absolute Gasteiger partial charge is 0.472 e. The summed E-state index contributed by atoms with van der Waals surface area (Å²) in [5.41, 5.74) is 0. The van der Waals surface area contributed by atoms with Gasteiger partial charge in [-0.3, -0.25) is 18.6 Å². The molecule has 524 valence electrons. The summed E-state index contributed by atoms with van der Waals surface area (Å²) < 4.78 is 34.8. The first-order valence-electron chi connectivity index (χ1n) is 38.3. The smallest absolute Gasteiger partial charge is 0.462 e. The van der Waals surface area contributed by atoms with Gasteiger partial charge in [0, 0.05) is 12.8 Å². The van der Waals surface area contributed by atoms with Crippen molar-refractivity contribution < 1.29 is 42.1 Å². The minimum absolute atomic E-state index is 0.0318. The molecule has 1 N–H and O–H groups in total. The van der Waals surface area contributed by atoms with Crippen molar-refractivity contribution in [1.82, 2.24) is 0 Å². The second kappa shape index (κ2) is 70.5. The van der Waals surface area contributed by atoms with Crippen molar-refractivity contribution in [1.29, 1.82) is 0 Å². The van der Waals surface area contributed by atoms with E-state index in [-0.39, 0.29) is 25.6 Å². The third kappa shape index (κ3) is 74.2. The Morgan fingerprint density at radius 3 is 0.944 bits per heavy atom. The molecule has 0 aliphatic carbocycles. The van der Waals surface area contributed by atoms with Gasteiger partial charge in [-0.2, -0.15) is 0 Å². The van der Waals surface area contributed by atoms with Crippen LogP contribution in [-0.4, -0.2) is 74.9 Å². The Hall–Kier alpha value is -2.81. The Kier molecular flexibility index (Phi) is 68.3. The lowest BCUT2D eigenvalue weighted by Gasteiger charge is -2.24. The number of likely N-dealkylation sites (N-methyl/N-ethyl adjacent to an activating group) is 1. The van der Waals surface area contributed by atoms with Crippen LogP contribution < -0.4 is 0 Å². The number of ether oxygens (including phenoxy) is 2. The van der Waals surface area contributed by atoms with E-state index in [1.54, 1.807) is 0 Å². The van der Waals surface area contributed by atoms with E-state index in [1.807, 2.05) is 21.1 Å². The second-order valence-electron chi connectivity index (χ2n) is 27.0. The Labute approximate surface area is 558 Å². The van der Waals surface area contributed by atoms with Crippen LogP contribution in [0.2, 0.25) is 0 Å². The van der Waals surface area contributed by atoms with Crippen molar-refractivity contribution in [2.45, 2.75) is 367 Å². The number of carbonyl (C=O) groups excluding carboxylic acids is 2. The molecule has 0 aromatic rings. The molecule has 0 aliphatic heterocycles. The van der Waals surface area contributed by atoms with Crippen LogP contribution in [0.3, 0.4) is 0 Å². The molecule has 0 bridgehead atoms. The number of hydrogen-bond acceptors (Lipinski definition) is 7. The Morgan fingerprint density at radius 2 is 0.633 bits per heavy atom. The number of nitrogens with zero attached hydrogens (tertiary/aromatic N) is 1. The Balaban J connectivity index is 3.96. The summed E-state index contributed by atoms with van der Waals surface area (Å²) in [6.07, 6.45) is 97.1. The van der Waals surface area contributed by atoms with Crippen LogP contribution >= 0.6 is 7.82 Å². The number of unbranched alkanes of at least 4 members (excludes halogenated alkanes) is 43. The summed E-state index contributed by atoms with van der Waals surface area (Å²) in [7, 11) is 1.49. The SMILES string of the molecule is CC/C=C\C/C=C\C/C=C\C/C=C\C/C=C\CCCCCCCCCCCCCCCCCCCC(=O)OC(COC(=O)CCCCCCCCCCCCCCCCCCCCCCC/C=C\C/C=C\CCCCCCC)COP(=O)(O)OCC[N+](C)(C)C. The van der Waals surface area contributed by atoms with Gasteiger partial charge in [0.05, 0.1) is 27.7 Å². The van der Waals surface area contributed by atoms with Crippen LogP contribution in [0.4, 0.5) is 0 Å². The predicted molar refractivity (Wildman–Crippen MR) is 390 cm³/mol. The van der Waals surface area contributed by atoms with Gasteiger partial charge in [0.25, 0.3) is 0 Å². The van der Waals surface area contributed by atoms with Crippen LogP contribution in [0, 0.1) is 0 Å². The molecule has 0 amide bonds. The summed E-state index contributed by atoms with van der Waals surface area (Å²) in [6.45, 7) is 4.36. The molecule has 9 nitrogen and oxygen atoms in total. The number of quaternary nitrogens is 1. The molecule has 0 saturated carbocycles. The topological polar surface area (TPSA) is 108 Å². The van der Waals surface area contributed by atoms with E-state index in [1.165, 1.54) is 257 Å². The molecule has 0 rings (SSSR count). The molecule has 2 atom stereocenters. The average Bonchev–Trinajstić information content (AvgIpc) is 3.58. The maximum atomic E-state index is 12.9. The molecular formula is C80H147NO8P+. The molecule has 0 fully saturated rings. The number of esters is 2. The van der Waals surface area contributed by atoms with Crippen LogP contribution in [0.5, 0.6) is 0 Å². The highest BCUT2D eigenvalue weighted by molar-refractivity contribution is 7.47. The third-order valence-electron chi connectivity index (χ3n) is 16.9. The lowest BCUT2D eigenvalue weighted by molar-refractivity contribution is -0.870. The summed E-state index contributed by atoms with van der Waals surface area (Å²) >= 11 is 0. The maximum Gasteiger partial charge on any atom is 0.472 e. The second-order valence-corrected chi connectivity index (χ2v) is 28.5. The number of rotatable bonds is 71. The van der Waals surface area contributed by atoms with E-state index in [0.717, 1.165) is 70.6 Å². The fourth-order valence-electron chi connectivity index (χ4n) is 11.1. The highest BCUT2D eigenvalue weighted by atomic mass is 31.2. The molecular weight excluding hydrogens is 1130 g/mol. The van der Waals surface area contributed by atoms with E-state index in [2.05, 4.69) is 98.9 Å². The first kappa shape index (κ1) is 87.2. The van der Waals surface area contributed by atoms with Gasteiger partial charge in [0.2, 0.25) is 0 Å². The number of allylic oxidation sites excluding steroid dienone is 14. The zero-order valence-electron chi connectivity index (χ0n) is 59.9. The zero-order chi connectivity index (χ0) is 65.5. The summed E-state index contributed by atoms with van der Waals surface area (Å²) in [5, 5.41) is 0. The van der Waals surface area contributed by atoms with Crippen molar-refractivity contribution in [2.24, 2.45) is 0 Å². The monoisotopic (exact) mass is 1280 g/mol. The summed E-state index contributed by atoms with van der Waals surface area (Å²) in [5.74, 6) is -0.781. The summed E-state index contributed by atoms with van der Waals surface area (Å²) in [6, 6.07) is 0. The van der Waals surface area contributed by atoms with Gasteiger partial charge in [-0.1, -0.05) is 343 Å². The maximum absolute atomic E-state index is 12.9. The van der Waals surface area contributed by atoms with E-state index in [4.69, 9.17) is 18.5 Å². The minimum Gasteiger partial charge on any atom is -0.462 e. The van der Waals surface area contributed by atoms with Gasteiger partial charge >= 0.3 is 19.8 Å². The number of phosphoric acid groups is 1. The average molecular weight is 1280 g/mol. The standard InChI is InChI=1S/C80H146NO8P/c1-6-8-10-12-14-16-18-20-22-24-26-28-30-32-34-36-38-40-42-44-46-48-50-52-54-56-58-60-62-64-66-68-70-72-79(82)86-76-78(77-88-90(84,85)87-75-74-81(3,4)5)89-80(83)73-71-69-67-65-63-61-59-57-55-53-51-49-47-45-43-41-39-37-35-33-31-29-27-25-23-21-19-17-15-13-11-9-7-2/h9,11,15,17-18,20-21,23-24,26-27,29,33,35,78H,6-8,10,12-14,16,19,22,25,28,30-32,34,36-77H2,1-5H3/p+1/b11-9-,17-15-,20-18-,23-21-,26-24-,29-27-,35-33-. The van der Waals surface area contributed by atoms with Gasteiger partial charge in [0.15, 0.2) is 6.10 Å². The lowest BCUT2D eigenvalue weighted by atomic mass is 10.0. The molecule has 0 aliphatic rings. The van der Waals surface area contributed by atoms with E-state index >= 15 is 0 Å². The molecule has 10 heteroatoms. The van der Waals surface area contributed by atoms with Gasteiger partial charge in [-0.05, 0) is 89.9 Å².